The SMILES string of the molecule is NC(=O)NN(C[C]=O)c1ccccc1. The second-order valence-corrected chi connectivity index (χ2v) is 2.54. The smallest absolute Gasteiger partial charge is 0.330 e. The summed E-state index contributed by atoms with van der Waals surface area (Å²) in [5, 5.41) is 1.31. The van der Waals surface area contributed by atoms with Crippen molar-refractivity contribution in [1.82, 2.24) is 5.43 Å². The van der Waals surface area contributed by atoms with Crippen LogP contribution < -0.4 is 16.2 Å². The number of primary amides is 1. The summed E-state index contributed by atoms with van der Waals surface area (Å²) in [7, 11) is 0. The van der Waals surface area contributed by atoms with Crippen LogP contribution in [0, 0.1) is 0 Å². The number of nitrogens with one attached hydrogen (secondary N) is 1. The molecule has 1 radical (unpaired) electrons. The first kappa shape index (κ1) is 10.0. The summed E-state index contributed by atoms with van der Waals surface area (Å²) in [6, 6.07) is 8.17. The lowest BCUT2D eigenvalue weighted by atomic mass is 10.3. The zero-order chi connectivity index (χ0) is 10.4. The fourth-order valence-corrected chi connectivity index (χ4v) is 1.00. The number of rotatable bonds is 4. The average molecular weight is 192 g/mol. The molecule has 2 amide bonds. The molecule has 0 aliphatic heterocycles. The lowest BCUT2D eigenvalue weighted by Gasteiger charge is -2.21. The summed E-state index contributed by atoms with van der Waals surface area (Å²) >= 11 is 0. The minimum absolute atomic E-state index is 0.0625. The average Bonchev–Trinajstić information content (AvgIpc) is 2.18. The van der Waals surface area contributed by atoms with Gasteiger partial charge in [-0.3, -0.25) is 9.80 Å². The van der Waals surface area contributed by atoms with Gasteiger partial charge in [0.25, 0.3) is 0 Å². The molecule has 5 heteroatoms. The van der Waals surface area contributed by atoms with Crippen molar-refractivity contribution < 1.29 is 9.59 Å². The number of hydrazine groups is 1. The molecular weight excluding hydrogens is 182 g/mol. The summed E-state index contributed by atoms with van der Waals surface area (Å²) in [6.07, 6.45) is 1.68. The van der Waals surface area contributed by atoms with Crippen molar-refractivity contribution in [2.45, 2.75) is 0 Å². The van der Waals surface area contributed by atoms with Crippen molar-refractivity contribution in [3.63, 3.8) is 0 Å². The second-order valence-electron chi connectivity index (χ2n) is 2.54. The number of benzene rings is 1. The number of hydrogen-bond donors (Lipinski definition) is 2. The summed E-state index contributed by atoms with van der Waals surface area (Å²) in [5.74, 6) is 0. The van der Waals surface area contributed by atoms with E-state index in [1.807, 2.05) is 6.07 Å². The number of hydrogen-bond acceptors (Lipinski definition) is 3. The molecule has 73 valence electrons. The fraction of sp³-hybridized carbons (Fsp3) is 0.111. The highest BCUT2D eigenvalue weighted by atomic mass is 16.2. The number of para-hydroxylation sites is 1. The molecule has 1 aromatic rings. The van der Waals surface area contributed by atoms with Gasteiger partial charge in [-0.05, 0) is 12.1 Å². The fourth-order valence-electron chi connectivity index (χ4n) is 1.00. The molecule has 0 aliphatic carbocycles. The minimum atomic E-state index is -0.718. The topological polar surface area (TPSA) is 75.4 Å². The van der Waals surface area contributed by atoms with Crippen molar-refractivity contribution in [2.75, 3.05) is 11.6 Å². The molecule has 0 atom stereocenters. The molecule has 3 N–H and O–H groups in total. The van der Waals surface area contributed by atoms with E-state index in [-0.39, 0.29) is 6.54 Å². The standard InChI is InChI=1S/C9H10N3O2/c10-9(14)11-12(6-7-13)8-4-2-1-3-5-8/h1-5H,6H2,(H3,10,11,14). The molecular formula is C9H10N3O2. The van der Waals surface area contributed by atoms with Crippen LogP contribution in [-0.4, -0.2) is 18.9 Å². The molecule has 14 heavy (non-hydrogen) atoms. The van der Waals surface area contributed by atoms with Crippen molar-refractivity contribution >= 4 is 18.0 Å². The normalized spacial score (nSPS) is 9.14. The monoisotopic (exact) mass is 192 g/mol. The Bertz CT molecular complexity index is 313. The first-order chi connectivity index (χ1) is 6.74. The summed E-state index contributed by atoms with van der Waals surface area (Å²) in [5.41, 5.74) is 7.92. The van der Waals surface area contributed by atoms with Gasteiger partial charge in [0.2, 0.25) is 6.29 Å². The summed E-state index contributed by atoms with van der Waals surface area (Å²) in [6.45, 7) is -0.0625. The van der Waals surface area contributed by atoms with E-state index in [0.717, 1.165) is 0 Å². The van der Waals surface area contributed by atoms with E-state index >= 15 is 0 Å². The predicted molar refractivity (Wildman–Crippen MR) is 52.2 cm³/mol. The van der Waals surface area contributed by atoms with E-state index in [1.54, 1.807) is 30.6 Å². The molecule has 0 bridgehead atoms. The zero-order valence-electron chi connectivity index (χ0n) is 7.43. The maximum atomic E-state index is 10.6. The third-order valence-corrected chi connectivity index (χ3v) is 1.54. The molecule has 0 fully saturated rings. The Morgan fingerprint density at radius 1 is 1.43 bits per heavy atom. The predicted octanol–water partition coefficient (Wildman–Crippen LogP) is 0.186. The number of carbonyl (C=O) groups is 1. The van der Waals surface area contributed by atoms with Gasteiger partial charge >= 0.3 is 6.03 Å². The van der Waals surface area contributed by atoms with Crippen molar-refractivity contribution in [3.8, 4) is 0 Å². The highest BCUT2D eigenvalue weighted by Gasteiger charge is 2.06. The maximum absolute atomic E-state index is 10.6. The zero-order valence-corrected chi connectivity index (χ0v) is 7.43. The molecule has 0 aromatic heterocycles. The summed E-state index contributed by atoms with van der Waals surface area (Å²) < 4.78 is 0. The lowest BCUT2D eigenvalue weighted by Crippen LogP contribution is -2.46. The summed E-state index contributed by atoms with van der Waals surface area (Å²) in [4.78, 5) is 20.8. The minimum Gasteiger partial charge on any atom is -0.350 e. The van der Waals surface area contributed by atoms with E-state index in [0.29, 0.717) is 5.69 Å². The van der Waals surface area contributed by atoms with Gasteiger partial charge in [0, 0.05) is 0 Å². The number of nitrogens with two attached hydrogens (primary N) is 1. The Kier molecular flexibility index (Phi) is 3.49. The first-order valence-corrected chi connectivity index (χ1v) is 3.97. The van der Waals surface area contributed by atoms with E-state index in [1.165, 1.54) is 5.01 Å². The molecule has 0 spiro atoms. The molecule has 0 saturated carbocycles. The number of amides is 2. The van der Waals surface area contributed by atoms with Crippen molar-refractivity contribution in [2.24, 2.45) is 5.73 Å². The van der Waals surface area contributed by atoms with Crippen LogP contribution in [0.5, 0.6) is 0 Å². The van der Waals surface area contributed by atoms with Crippen LogP contribution in [0.2, 0.25) is 0 Å². The Balaban J connectivity index is 2.77. The number of urea groups is 1. The van der Waals surface area contributed by atoms with Crippen LogP contribution in [-0.2, 0) is 4.79 Å². The molecule has 0 unspecified atom stereocenters. The van der Waals surface area contributed by atoms with Crippen LogP contribution in [0.1, 0.15) is 0 Å². The highest BCUT2D eigenvalue weighted by molar-refractivity contribution is 5.75. The highest BCUT2D eigenvalue weighted by Crippen LogP contribution is 2.09. The lowest BCUT2D eigenvalue weighted by molar-refractivity contribution is 0.248. The Labute approximate surface area is 81.5 Å². The quantitative estimate of drug-likeness (QED) is 0.668. The van der Waals surface area contributed by atoms with Gasteiger partial charge in [0.15, 0.2) is 0 Å². The molecule has 0 aliphatic rings. The van der Waals surface area contributed by atoms with Crippen LogP contribution in [0.4, 0.5) is 10.5 Å². The molecule has 1 rings (SSSR count). The molecule has 1 aromatic carbocycles. The molecule has 0 saturated heterocycles. The second kappa shape index (κ2) is 4.86. The van der Waals surface area contributed by atoms with Gasteiger partial charge in [0.1, 0.15) is 6.54 Å². The maximum Gasteiger partial charge on any atom is 0.330 e. The van der Waals surface area contributed by atoms with Gasteiger partial charge in [-0.2, -0.15) is 0 Å². The van der Waals surface area contributed by atoms with Crippen molar-refractivity contribution in [3.05, 3.63) is 30.3 Å². The van der Waals surface area contributed by atoms with E-state index in [4.69, 9.17) is 5.73 Å². The molecule has 0 heterocycles. The van der Waals surface area contributed by atoms with Crippen LogP contribution in [0.15, 0.2) is 30.3 Å². The van der Waals surface area contributed by atoms with Gasteiger partial charge in [-0.1, -0.05) is 18.2 Å². The van der Waals surface area contributed by atoms with E-state index in [9.17, 15) is 9.59 Å². The van der Waals surface area contributed by atoms with E-state index < -0.39 is 6.03 Å². The number of carbonyl (C=O) groups excluding carboxylic acids is 2. The van der Waals surface area contributed by atoms with Gasteiger partial charge in [-0.15, -0.1) is 0 Å². The van der Waals surface area contributed by atoms with Gasteiger partial charge in [0.05, 0.1) is 5.69 Å². The van der Waals surface area contributed by atoms with Crippen LogP contribution in [0.25, 0.3) is 0 Å². The number of nitrogens with zero attached hydrogens (tertiary/aromatic N) is 1. The molecule has 5 nitrogen and oxygen atoms in total. The van der Waals surface area contributed by atoms with Crippen molar-refractivity contribution in [1.29, 1.82) is 0 Å². The van der Waals surface area contributed by atoms with E-state index in [2.05, 4.69) is 5.43 Å². The van der Waals surface area contributed by atoms with Gasteiger partial charge < -0.3 is 5.73 Å². The van der Waals surface area contributed by atoms with Gasteiger partial charge in [-0.25, -0.2) is 10.2 Å². The number of anilines is 1. The van der Waals surface area contributed by atoms with Crippen LogP contribution in [0.3, 0.4) is 0 Å². The first-order valence-electron chi connectivity index (χ1n) is 3.97. The Morgan fingerprint density at radius 3 is 2.57 bits per heavy atom. The Hall–Kier alpha value is -2.04. The largest absolute Gasteiger partial charge is 0.350 e. The third kappa shape index (κ3) is 2.78. The third-order valence-electron chi connectivity index (χ3n) is 1.54. The Morgan fingerprint density at radius 2 is 2.07 bits per heavy atom. The van der Waals surface area contributed by atoms with Crippen LogP contribution >= 0.6 is 0 Å².